The van der Waals surface area contributed by atoms with Gasteiger partial charge in [0, 0.05) is 11.5 Å². The lowest BCUT2D eigenvalue weighted by atomic mass is 10.3. The number of thioether (sulfide) groups is 1. The molecule has 2 aromatic rings. The van der Waals surface area contributed by atoms with E-state index in [-0.39, 0.29) is 5.91 Å². The van der Waals surface area contributed by atoms with Gasteiger partial charge in [-0.25, -0.2) is 0 Å². The Labute approximate surface area is 112 Å². The summed E-state index contributed by atoms with van der Waals surface area (Å²) in [5, 5.41) is 3.46. The first-order chi connectivity index (χ1) is 8.72. The highest BCUT2D eigenvalue weighted by molar-refractivity contribution is 8.26. The molecule has 2 heterocycles. The zero-order valence-electron chi connectivity index (χ0n) is 9.01. The Morgan fingerprint density at radius 2 is 2.22 bits per heavy atom. The van der Waals surface area contributed by atoms with Gasteiger partial charge in [0.15, 0.2) is 0 Å². The molecule has 0 bridgehead atoms. The number of carbonyl (C=O) groups is 1. The molecule has 0 spiro atoms. The molecule has 6 heteroatoms. The lowest BCUT2D eigenvalue weighted by Crippen LogP contribution is -2.17. The van der Waals surface area contributed by atoms with E-state index < -0.39 is 0 Å². The van der Waals surface area contributed by atoms with Crippen molar-refractivity contribution in [3.05, 3.63) is 41.5 Å². The van der Waals surface area contributed by atoms with Crippen LogP contribution in [0, 0.1) is 0 Å². The number of amides is 1. The number of thiocarbonyl (C=S) groups is 1. The summed E-state index contributed by atoms with van der Waals surface area (Å²) in [5.41, 5.74) is 0.741. The van der Waals surface area contributed by atoms with Crippen molar-refractivity contribution in [2.24, 2.45) is 0 Å². The molecule has 1 aliphatic heterocycles. The molecule has 90 valence electrons. The highest BCUT2D eigenvalue weighted by Crippen LogP contribution is 2.27. The molecule has 1 fully saturated rings. The van der Waals surface area contributed by atoms with Crippen LogP contribution < -0.4 is 10.1 Å². The summed E-state index contributed by atoms with van der Waals surface area (Å²) in [4.78, 5) is 11.8. The van der Waals surface area contributed by atoms with Crippen LogP contribution >= 0.6 is 24.0 Å². The minimum absolute atomic E-state index is 0.249. The quantitative estimate of drug-likeness (QED) is 0.519. The van der Waals surface area contributed by atoms with Gasteiger partial charge in [-0.05, 0) is 6.07 Å². The Morgan fingerprint density at radius 1 is 1.39 bits per heavy atom. The molecule has 18 heavy (non-hydrogen) atoms. The zero-order chi connectivity index (χ0) is 12.5. The van der Waals surface area contributed by atoms with E-state index in [2.05, 4.69) is 5.32 Å². The van der Waals surface area contributed by atoms with Crippen molar-refractivity contribution in [3.8, 4) is 5.95 Å². The van der Waals surface area contributed by atoms with Crippen molar-refractivity contribution in [1.29, 1.82) is 0 Å². The smallest absolute Gasteiger partial charge is 0.290 e. The second-order valence-corrected chi connectivity index (χ2v) is 5.27. The van der Waals surface area contributed by atoms with Gasteiger partial charge in [0.05, 0.1) is 0 Å². The fourth-order valence-corrected chi connectivity index (χ4v) is 2.48. The van der Waals surface area contributed by atoms with Gasteiger partial charge in [0.1, 0.15) is 21.1 Å². The SMILES string of the molecule is O=C1NC(=S)SC1=COc1cc2ccccc2o1. The number of hydrogen-bond donors (Lipinski definition) is 1. The Morgan fingerprint density at radius 3 is 2.94 bits per heavy atom. The first kappa shape index (κ1) is 11.3. The van der Waals surface area contributed by atoms with Crippen LogP contribution in [0.4, 0.5) is 0 Å². The number of carbonyl (C=O) groups excluding carboxylic acids is 1. The van der Waals surface area contributed by atoms with Gasteiger partial charge in [0.2, 0.25) is 0 Å². The Bertz CT molecular complexity index is 642. The number of rotatable bonds is 2. The molecule has 3 rings (SSSR count). The Kier molecular flexibility index (Phi) is 2.81. The normalized spacial score (nSPS) is 17.4. The summed E-state index contributed by atoms with van der Waals surface area (Å²) >= 11 is 6.03. The van der Waals surface area contributed by atoms with Crippen LogP contribution in [0.5, 0.6) is 5.95 Å². The average Bonchev–Trinajstić information content (AvgIpc) is 2.89. The van der Waals surface area contributed by atoms with Crippen LogP contribution in [0.15, 0.2) is 45.9 Å². The molecule has 1 N–H and O–H groups in total. The third kappa shape index (κ3) is 2.12. The highest BCUT2D eigenvalue weighted by atomic mass is 32.2. The van der Waals surface area contributed by atoms with Crippen LogP contribution in [0.2, 0.25) is 0 Å². The van der Waals surface area contributed by atoms with Crippen LogP contribution in [0.25, 0.3) is 11.0 Å². The number of furan rings is 1. The Hall–Kier alpha value is -1.79. The second-order valence-electron chi connectivity index (χ2n) is 3.55. The van der Waals surface area contributed by atoms with Gasteiger partial charge in [-0.2, -0.15) is 0 Å². The largest absolute Gasteiger partial charge is 0.433 e. The predicted molar refractivity (Wildman–Crippen MR) is 73.3 cm³/mol. The van der Waals surface area contributed by atoms with Gasteiger partial charge in [0.25, 0.3) is 11.9 Å². The van der Waals surface area contributed by atoms with Gasteiger partial charge in [-0.3, -0.25) is 4.79 Å². The van der Waals surface area contributed by atoms with Crippen molar-refractivity contribution < 1.29 is 13.9 Å². The first-order valence-corrected chi connectivity index (χ1v) is 6.33. The standard InChI is InChI=1S/C12H7NO3S2/c14-11-9(18-12(17)13-11)6-15-10-5-7-3-1-2-4-8(7)16-10/h1-6H,(H,13,14,17). The molecule has 4 nitrogen and oxygen atoms in total. The molecule has 0 atom stereocenters. The lowest BCUT2D eigenvalue weighted by Gasteiger charge is -1.94. The number of para-hydroxylation sites is 1. The second kappa shape index (κ2) is 4.47. The lowest BCUT2D eigenvalue weighted by molar-refractivity contribution is -0.115. The maximum absolute atomic E-state index is 11.4. The number of fused-ring (bicyclic) bond motifs is 1. The summed E-state index contributed by atoms with van der Waals surface area (Å²) in [5.74, 6) is 0.0935. The summed E-state index contributed by atoms with van der Waals surface area (Å²) in [6.45, 7) is 0. The van der Waals surface area contributed by atoms with E-state index in [0.717, 1.165) is 11.0 Å². The van der Waals surface area contributed by atoms with E-state index in [1.807, 2.05) is 24.3 Å². The number of benzene rings is 1. The summed E-state index contributed by atoms with van der Waals surface area (Å²) < 4.78 is 11.2. The maximum atomic E-state index is 11.4. The highest BCUT2D eigenvalue weighted by Gasteiger charge is 2.22. The van der Waals surface area contributed by atoms with Gasteiger partial charge in [-0.1, -0.05) is 42.2 Å². The van der Waals surface area contributed by atoms with E-state index in [9.17, 15) is 4.79 Å². The number of hydrogen-bond acceptors (Lipinski definition) is 5. The maximum Gasteiger partial charge on any atom is 0.290 e. The van der Waals surface area contributed by atoms with E-state index in [1.54, 1.807) is 6.07 Å². The molecular weight excluding hydrogens is 270 g/mol. The fraction of sp³-hybridized carbons (Fsp3) is 0. The first-order valence-electron chi connectivity index (χ1n) is 5.11. The summed E-state index contributed by atoms with van der Waals surface area (Å²) in [6.07, 6.45) is 1.34. The van der Waals surface area contributed by atoms with Crippen molar-refractivity contribution in [3.63, 3.8) is 0 Å². The summed E-state index contributed by atoms with van der Waals surface area (Å²) in [6, 6.07) is 9.33. The van der Waals surface area contributed by atoms with E-state index in [0.29, 0.717) is 15.2 Å². The minimum Gasteiger partial charge on any atom is -0.433 e. The topological polar surface area (TPSA) is 51.5 Å². The predicted octanol–water partition coefficient (Wildman–Crippen LogP) is 2.80. The molecule has 0 aliphatic carbocycles. The Balaban J connectivity index is 1.82. The van der Waals surface area contributed by atoms with Gasteiger partial charge >= 0.3 is 0 Å². The molecule has 1 aromatic carbocycles. The fourth-order valence-electron chi connectivity index (χ4n) is 1.53. The van der Waals surface area contributed by atoms with E-state index in [1.165, 1.54) is 18.0 Å². The van der Waals surface area contributed by atoms with Gasteiger partial charge < -0.3 is 14.5 Å². The molecule has 0 unspecified atom stereocenters. The zero-order valence-corrected chi connectivity index (χ0v) is 10.6. The third-order valence-corrected chi connectivity index (χ3v) is 3.47. The number of nitrogens with one attached hydrogen (secondary N) is 1. The van der Waals surface area contributed by atoms with Crippen molar-refractivity contribution in [2.75, 3.05) is 0 Å². The summed E-state index contributed by atoms with van der Waals surface area (Å²) in [7, 11) is 0. The van der Waals surface area contributed by atoms with Crippen molar-refractivity contribution in [2.45, 2.75) is 0 Å². The average molecular weight is 277 g/mol. The monoisotopic (exact) mass is 277 g/mol. The molecule has 0 radical (unpaired) electrons. The van der Waals surface area contributed by atoms with E-state index >= 15 is 0 Å². The molecule has 0 saturated carbocycles. The van der Waals surface area contributed by atoms with Gasteiger partial charge in [-0.15, -0.1) is 0 Å². The van der Waals surface area contributed by atoms with Crippen LogP contribution in [-0.4, -0.2) is 10.2 Å². The van der Waals surface area contributed by atoms with Crippen molar-refractivity contribution in [1.82, 2.24) is 5.32 Å². The van der Waals surface area contributed by atoms with E-state index in [4.69, 9.17) is 21.4 Å². The van der Waals surface area contributed by atoms with Crippen LogP contribution in [0.1, 0.15) is 0 Å². The minimum atomic E-state index is -0.249. The molecule has 1 amide bonds. The molecular formula is C12H7NO3S2. The molecule has 1 aromatic heterocycles. The van der Waals surface area contributed by atoms with Crippen molar-refractivity contribution >= 4 is 45.2 Å². The van der Waals surface area contributed by atoms with Crippen LogP contribution in [0.3, 0.4) is 0 Å². The molecule has 1 saturated heterocycles. The molecule has 1 aliphatic rings. The third-order valence-electron chi connectivity index (χ3n) is 2.33. The van der Waals surface area contributed by atoms with Crippen LogP contribution in [-0.2, 0) is 4.79 Å². The number of ether oxygens (including phenoxy) is 1.